The van der Waals surface area contributed by atoms with Crippen LogP contribution in [0, 0.1) is 6.92 Å². The van der Waals surface area contributed by atoms with Gasteiger partial charge in [-0.05, 0) is 37.6 Å². The maximum Gasteiger partial charge on any atom is 0.276 e. The van der Waals surface area contributed by atoms with E-state index in [-0.39, 0.29) is 5.91 Å². The lowest BCUT2D eigenvalue weighted by Crippen LogP contribution is -2.31. The largest absolute Gasteiger partial charge is 0.387 e. The van der Waals surface area contributed by atoms with Crippen molar-refractivity contribution in [2.45, 2.75) is 13.8 Å². The summed E-state index contributed by atoms with van der Waals surface area (Å²) in [6.45, 7) is 4.58. The van der Waals surface area contributed by atoms with E-state index in [1.807, 2.05) is 51.2 Å². The Kier molecular flexibility index (Phi) is 4.35. The molecule has 1 amide bonds. The molecule has 0 atom stereocenters. The number of carbonyl (C=O) groups excluding carboxylic acids is 1. The van der Waals surface area contributed by atoms with E-state index in [1.165, 1.54) is 0 Å². The van der Waals surface area contributed by atoms with E-state index in [0.717, 1.165) is 16.9 Å². The van der Waals surface area contributed by atoms with E-state index in [9.17, 15) is 4.79 Å². The zero-order valence-electron chi connectivity index (χ0n) is 12.1. The molecule has 2 aromatic rings. The fourth-order valence-electron chi connectivity index (χ4n) is 2.10. The van der Waals surface area contributed by atoms with Crippen molar-refractivity contribution in [1.29, 1.82) is 0 Å². The molecule has 0 radical (unpaired) electrons. The first-order valence-electron chi connectivity index (χ1n) is 6.68. The zero-order chi connectivity index (χ0) is 14.5. The molecule has 2 rings (SSSR count). The van der Waals surface area contributed by atoms with Crippen molar-refractivity contribution in [2.75, 3.05) is 23.8 Å². The molecule has 20 heavy (non-hydrogen) atoms. The summed E-state index contributed by atoms with van der Waals surface area (Å²) >= 11 is 0. The summed E-state index contributed by atoms with van der Waals surface area (Å²) in [4.78, 5) is 18.5. The Morgan fingerprint density at radius 2 is 2.00 bits per heavy atom. The first-order valence-corrected chi connectivity index (χ1v) is 6.68. The Labute approximate surface area is 119 Å². The second-order valence-electron chi connectivity index (χ2n) is 4.52. The first-order chi connectivity index (χ1) is 9.67. The Morgan fingerprint density at radius 3 is 2.55 bits per heavy atom. The average molecular weight is 269 g/mol. The maximum absolute atomic E-state index is 12.6. The molecule has 4 nitrogen and oxygen atoms in total. The number of rotatable bonds is 4. The molecular weight excluding hydrogens is 250 g/mol. The monoisotopic (exact) mass is 269 g/mol. The standard InChI is InChI=1S/C16H19N3O/c1-4-19(15-8-6-5-7-12(15)2)16(20)14-10-9-13(17-3)11-18-14/h5-11,17H,4H2,1-3H3. The molecule has 0 aliphatic carbocycles. The predicted molar refractivity (Wildman–Crippen MR) is 82.3 cm³/mol. The lowest BCUT2D eigenvalue weighted by atomic mass is 10.1. The molecule has 4 heteroatoms. The molecule has 0 unspecified atom stereocenters. The van der Waals surface area contributed by atoms with Crippen molar-refractivity contribution in [3.63, 3.8) is 0 Å². The van der Waals surface area contributed by atoms with Crippen LogP contribution in [0.1, 0.15) is 23.0 Å². The fraction of sp³-hybridized carbons (Fsp3) is 0.250. The van der Waals surface area contributed by atoms with Crippen LogP contribution in [-0.4, -0.2) is 24.5 Å². The maximum atomic E-state index is 12.6. The van der Waals surface area contributed by atoms with Gasteiger partial charge in [-0.15, -0.1) is 0 Å². The van der Waals surface area contributed by atoms with Gasteiger partial charge in [-0.1, -0.05) is 18.2 Å². The molecule has 1 aromatic carbocycles. The van der Waals surface area contributed by atoms with Gasteiger partial charge in [0.25, 0.3) is 5.91 Å². The Bertz CT molecular complexity index is 593. The van der Waals surface area contributed by atoms with Gasteiger partial charge in [-0.3, -0.25) is 4.79 Å². The highest BCUT2D eigenvalue weighted by molar-refractivity contribution is 6.05. The number of aryl methyl sites for hydroxylation is 1. The second kappa shape index (κ2) is 6.19. The highest BCUT2D eigenvalue weighted by Gasteiger charge is 2.18. The van der Waals surface area contributed by atoms with Gasteiger partial charge in [0.05, 0.1) is 11.9 Å². The van der Waals surface area contributed by atoms with Crippen molar-refractivity contribution in [1.82, 2.24) is 4.98 Å². The van der Waals surface area contributed by atoms with Crippen LogP contribution in [0.25, 0.3) is 0 Å². The number of hydrogen-bond donors (Lipinski definition) is 1. The van der Waals surface area contributed by atoms with E-state index < -0.39 is 0 Å². The van der Waals surface area contributed by atoms with E-state index in [1.54, 1.807) is 17.2 Å². The zero-order valence-corrected chi connectivity index (χ0v) is 12.1. The highest BCUT2D eigenvalue weighted by atomic mass is 16.2. The summed E-state index contributed by atoms with van der Waals surface area (Å²) in [5, 5.41) is 2.99. The van der Waals surface area contributed by atoms with Crippen molar-refractivity contribution in [3.8, 4) is 0 Å². The van der Waals surface area contributed by atoms with Crippen molar-refractivity contribution in [3.05, 3.63) is 53.9 Å². The minimum Gasteiger partial charge on any atom is -0.387 e. The summed E-state index contributed by atoms with van der Waals surface area (Å²) in [7, 11) is 1.82. The third-order valence-corrected chi connectivity index (χ3v) is 3.24. The third kappa shape index (κ3) is 2.79. The molecule has 0 fully saturated rings. The number of benzene rings is 1. The minimum atomic E-state index is -0.0792. The topological polar surface area (TPSA) is 45.2 Å². The van der Waals surface area contributed by atoms with Crippen LogP contribution in [0.15, 0.2) is 42.6 Å². The number of para-hydroxylation sites is 1. The highest BCUT2D eigenvalue weighted by Crippen LogP contribution is 2.21. The molecule has 1 heterocycles. The molecule has 0 bridgehead atoms. The van der Waals surface area contributed by atoms with Crippen molar-refractivity contribution >= 4 is 17.3 Å². The molecule has 0 saturated heterocycles. The van der Waals surface area contributed by atoms with Crippen LogP contribution in [0.5, 0.6) is 0 Å². The quantitative estimate of drug-likeness (QED) is 0.927. The number of carbonyl (C=O) groups is 1. The summed E-state index contributed by atoms with van der Waals surface area (Å²) in [5.74, 6) is -0.0792. The Hall–Kier alpha value is -2.36. The number of anilines is 2. The van der Waals surface area contributed by atoms with Gasteiger partial charge < -0.3 is 10.2 Å². The van der Waals surface area contributed by atoms with Crippen molar-refractivity contribution in [2.24, 2.45) is 0 Å². The normalized spacial score (nSPS) is 10.2. The van der Waals surface area contributed by atoms with Crippen LogP contribution in [0.3, 0.4) is 0 Å². The van der Waals surface area contributed by atoms with Crippen LogP contribution in [0.4, 0.5) is 11.4 Å². The van der Waals surface area contributed by atoms with E-state index in [0.29, 0.717) is 12.2 Å². The van der Waals surface area contributed by atoms with Gasteiger partial charge in [0, 0.05) is 19.3 Å². The molecular formula is C16H19N3O. The average Bonchev–Trinajstić information content (AvgIpc) is 2.50. The minimum absolute atomic E-state index is 0.0792. The predicted octanol–water partition coefficient (Wildman–Crippen LogP) is 3.10. The van der Waals surface area contributed by atoms with E-state index in [4.69, 9.17) is 0 Å². The molecule has 0 spiro atoms. The molecule has 1 N–H and O–H groups in total. The van der Waals surface area contributed by atoms with Crippen LogP contribution in [0.2, 0.25) is 0 Å². The Morgan fingerprint density at radius 1 is 1.25 bits per heavy atom. The smallest absolute Gasteiger partial charge is 0.276 e. The number of aromatic nitrogens is 1. The van der Waals surface area contributed by atoms with Gasteiger partial charge in [0.15, 0.2) is 0 Å². The van der Waals surface area contributed by atoms with Gasteiger partial charge in [0.1, 0.15) is 5.69 Å². The first kappa shape index (κ1) is 14.1. The molecule has 0 aliphatic heterocycles. The lowest BCUT2D eigenvalue weighted by Gasteiger charge is -2.22. The van der Waals surface area contributed by atoms with Gasteiger partial charge in [-0.25, -0.2) is 4.98 Å². The van der Waals surface area contributed by atoms with Crippen molar-refractivity contribution < 1.29 is 4.79 Å². The number of nitrogens with one attached hydrogen (secondary N) is 1. The number of pyridine rings is 1. The van der Waals surface area contributed by atoms with Crippen LogP contribution in [-0.2, 0) is 0 Å². The summed E-state index contributed by atoms with van der Waals surface area (Å²) in [6.07, 6.45) is 1.67. The summed E-state index contributed by atoms with van der Waals surface area (Å²) in [6, 6.07) is 11.5. The second-order valence-corrected chi connectivity index (χ2v) is 4.52. The summed E-state index contributed by atoms with van der Waals surface area (Å²) < 4.78 is 0. The number of amides is 1. The van der Waals surface area contributed by atoms with Crippen LogP contribution >= 0.6 is 0 Å². The Balaban J connectivity index is 2.31. The molecule has 0 aliphatic rings. The van der Waals surface area contributed by atoms with E-state index >= 15 is 0 Å². The van der Waals surface area contributed by atoms with Gasteiger partial charge in [0.2, 0.25) is 0 Å². The lowest BCUT2D eigenvalue weighted by molar-refractivity contribution is 0.0983. The fourth-order valence-corrected chi connectivity index (χ4v) is 2.10. The number of hydrogen-bond acceptors (Lipinski definition) is 3. The molecule has 1 aromatic heterocycles. The molecule has 0 saturated carbocycles. The van der Waals surface area contributed by atoms with Gasteiger partial charge in [-0.2, -0.15) is 0 Å². The van der Waals surface area contributed by atoms with Gasteiger partial charge >= 0.3 is 0 Å². The SMILES string of the molecule is CCN(C(=O)c1ccc(NC)cn1)c1ccccc1C. The number of nitrogens with zero attached hydrogens (tertiary/aromatic N) is 2. The summed E-state index contributed by atoms with van der Waals surface area (Å²) in [5.41, 5.74) is 3.35. The van der Waals surface area contributed by atoms with E-state index in [2.05, 4.69) is 10.3 Å². The third-order valence-electron chi connectivity index (χ3n) is 3.24. The van der Waals surface area contributed by atoms with Crippen LogP contribution < -0.4 is 10.2 Å². The molecule has 104 valence electrons.